The number of rotatable bonds is 2. The highest BCUT2D eigenvalue weighted by Crippen LogP contribution is 2.29. The normalized spacial score (nSPS) is 11.3. The molecule has 2 amide bonds. The molecule has 0 bridgehead atoms. The number of aryl methyl sites for hydroxylation is 1. The Morgan fingerprint density at radius 3 is 2.11 bits per heavy atom. The highest BCUT2D eigenvalue weighted by Gasteiger charge is 2.30. The summed E-state index contributed by atoms with van der Waals surface area (Å²) in [4.78, 5) is 36.5. The zero-order chi connectivity index (χ0) is 20.5. The van der Waals surface area contributed by atoms with Gasteiger partial charge in [0.15, 0.2) is 5.69 Å². The van der Waals surface area contributed by atoms with E-state index in [1.807, 2.05) is 0 Å². The summed E-state index contributed by atoms with van der Waals surface area (Å²) in [5, 5.41) is 4.48. The van der Waals surface area contributed by atoms with Gasteiger partial charge in [-0.1, -0.05) is 18.2 Å². The molecule has 0 saturated heterocycles. The lowest BCUT2D eigenvalue weighted by Crippen LogP contribution is -2.42. The molecule has 144 valence electrons. The number of nitrogens with zero attached hydrogens (tertiary/aromatic N) is 2. The molecule has 0 unspecified atom stereocenters. The lowest BCUT2D eigenvalue weighted by molar-refractivity contribution is -0.137. The summed E-state index contributed by atoms with van der Waals surface area (Å²) in [6.45, 7) is 0. The van der Waals surface area contributed by atoms with E-state index in [2.05, 4.69) is 16.0 Å². The van der Waals surface area contributed by atoms with Crippen molar-refractivity contribution < 1.29 is 22.8 Å². The molecule has 10 heteroatoms. The number of benzene rings is 2. The van der Waals surface area contributed by atoms with Gasteiger partial charge in [0.25, 0.3) is 17.4 Å². The van der Waals surface area contributed by atoms with Gasteiger partial charge in [-0.05, 0) is 30.3 Å². The maximum absolute atomic E-state index is 12.6. The molecule has 1 aromatic heterocycles. The fourth-order valence-corrected chi connectivity index (χ4v) is 2.52. The highest BCUT2D eigenvalue weighted by atomic mass is 19.4. The van der Waals surface area contributed by atoms with Crippen molar-refractivity contribution in [2.75, 3.05) is 0 Å². The van der Waals surface area contributed by atoms with Crippen LogP contribution >= 0.6 is 0 Å². The van der Waals surface area contributed by atoms with Gasteiger partial charge in [0.1, 0.15) is 0 Å². The van der Waals surface area contributed by atoms with Gasteiger partial charge >= 0.3 is 6.18 Å². The number of hydrazine groups is 1. The molecule has 2 aromatic carbocycles. The number of aromatic nitrogens is 2. The number of carbonyl (C=O) groups is 2. The second kappa shape index (κ2) is 7.14. The van der Waals surface area contributed by atoms with E-state index in [1.165, 1.54) is 19.2 Å². The van der Waals surface area contributed by atoms with Gasteiger partial charge in [-0.25, -0.2) is 4.68 Å². The zero-order valence-corrected chi connectivity index (χ0v) is 14.4. The van der Waals surface area contributed by atoms with E-state index in [0.29, 0.717) is 5.39 Å². The summed E-state index contributed by atoms with van der Waals surface area (Å²) in [6.07, 6.45) is -4.51. The topological polar surface area (TPSA) is 93.1 Å². The molecule has 1 heterocycles. The number of halogens is 3. The van der Waals surface area contributed by atoms with Crippen molar-refractivity contribution in [2.45, 2.75) is 6.18 Å². The Kier molecular flexibility index (Phi) is 4.87. The maximum Gasteiger partial charge on any atom is 0.416 e. The molecule has 0 spiro atoms. The fourth-order valence-electron chi connectivity index (χ4n) is 2.52. The SMILES string of the molecule is Cn1nc(C(=O)NNC(=O)c2ccc(C(F)(F)F)cc2)c2ccccc2c1=O. The third-order valence-corrected chi connectivity index (χ3v) is 3.94. The lowest BCUT2D eigenvalue weighted by Gasteiger charge is -2.10. The van der Waals surface area contributed by atoms with Gasteiger partial charge < -0.3 is 0 Å². The summed E-state index contributed by atoms with van der Waals surface area (Å²) in [7, 11) is 1.38. The number of fused-ring (bicyclic) bond motifs is 1. The Hall–Kier alpha value is -3.69. The molecular formula is C18H13F3N4O3. The molecule has 0 radical (unpaired) electrons. The second-order valence-electron chi connectivity index (χ2n) is 5.81. The van der Waals surface area contributed by atoms with Crippen LogP contribution < -0.4 is 16.4 Å². The number of alkyl halides is 3. The number of amides is 2. The van der Waals surface area contributed by atoms with Crippen molar-refractivity contribution >= 4 is 22.6 Å². The minimum Gasteiger partial charge on any atom is -0.267 e. The van der Waals surface area contributed by atoms with Gasteiger partial charge in [-0.2, -0.15) is 18.3 Å². The van der Waals surface area contributed by atoms with Crippen LogP contribution in [0.2, 0.25) is 0 Å². The maximum atomic E-state index is 12.6. The molecule has 0 fully saturated rings. The van der Waals surface area contributed by atoms with E-state index in [9.17, 15) is 27.6 Å². The van der Waals surface area contributed by atoms with Crippen molar-refractivity contribution in [3.63, 3.8) is 0 Å². The summed E-state index contributed by atoms with van der Waals surface area (Å²) in [6, 6.07) is 9.85. The Balaban J connectivity index is 1.78. The Morgan fingerprint density at radius 1 is 0.929 bits per heavy atom. The van der Waals surface area contributed by atoms with Crippen LogP contribution in [0.25, 0.3) is 10.8 Å². The van der Waals surface area contributed by atoms with Crippen LogP contribution in [0.3, 0.4) is 0 Å². The van der Waals surface area contributed by atoms with Crippen LogP contribution in [0.5, 0.6) is 0 Å². The number of hydrogen-bond donors (Lipinski definition) is 2. The molecule has 3 aromatic rings. The van der Waals surface area contributed by atoms with Crippen LogP contribution in [-0.2, 0) is 13.2 Å². The highest BCUT2D eigenvalue weighted by molar-refractivity contribution is 6.06. The third-order valence-electron chi connectivity index (χ3n) is 3.94. The third kappa shape index (κ3) is 3.70. The molecular weight excluding hydrogens is 377 g/mol. The first-order chi connectivity index (χ1) is 13.2. The van der Waals surface area contributed by atoms with Crippen LogP contribution in [0.4, 0.5) is 13.2 Å². The number of carbonyl (C=O) groups excluding carboxylic acids is 2. The largest absolute Gasteiger partial charge is 0.416 e. The standard InChI is InChI=1S/C18H13F3N4O3/c1-25-17(28)13-5-3-2-4-12(13)14(24-25)16(27)23-22-15(26)10-6-8-11(9-7-10)18(19,20)21/h2-9H,1H3,(H,22,26)(H,23,27). The van der Waals surface area contributed by atoms with Crippen LogP contribution in [0.1, 0.15) is 26.4 Å². The molecule has 3 rings (SSSR count). The molecule has 0 aliphatic carbocycles. The Bertz CT molecular complexity index is 1120. The number of hydrogen-bond acceptors (Lipinski definition) is 4. The molecule has 0 saturated carbocycles. The average molecular weight is 390 g/mol. The first kappa shape index (κ1) is 19.1. The van der Waals surface area contributed by atoms with Crippen molar-refractivity contribution in [1.29, 1.82) is 0 Å². The monoisotopic (exact) mass is 390 g/mol. The van der Waals surface area contributed by atoms with Crippen molar-refractivity contribution in [1.82, 2.24) is 20.6 Å². The van der Waals surface area contributed by atoms with E-state index in [4.69, 9.17) is 0 Å². The van der Waals surface area contributed by atoms with Crippen molar-refractivity contribution in [3.8, 4) is 0 Å². The van der Waals surface area contributed by atoms with E-state index in [1.54, 1.807) is 12.1 Å². The Morgan fingerprint density at radius 2 is 1.50 bits per heavy atom. The molecule has 0 aliphatic rings. The van der Waals surface area contributed by atoms with Gasteiger partial charge in [-0.3, -0.25) is 25.2 Å². The molecule has 7 nitrogen and oxygen atoms in total. The van der Waals surface area contributed by atoms with E-state index >= 15 is 0 Å². The quantitative estimate of drug-likeness (QED) is 0.655. The van der Waals surface area contributed by atoms with E-state index < -0.39 is 23.6 Å². The predicted octanol–water partition coefficient (Wildman–Crippen LogP) is 2.03. The van der Waals surface area contributed by atoms with Crippen LogP contribution in [0.15, 0.2) is 53.3 Å². The Labute approximate surface area is 155 Å². The second-order valence-corrected chi connectivity index (χ2v) is 5.81. The molecule has 2 N–H and O–H groups in total. The van der Waals surface area contributed by atoms with Gasteiger partial charge in [-0.15, -0.1) is 0 Å². The van der Waals surface area contributed by atoms with Gasteiger partial charge in [0.2, 0.25) is 0 Å². The van der Waals surface area contributed by atoms with Gasteiger partial charge in [0.05, 0.1) is 10.9 Å². The molecule has 0 aliphatic heterocycles. The fraction of sp³-hybridized carbons (Fsp3) is 0.111. The summed E-state index contributed by atoms with van der Waals surface area (Å²) in [5.41, 5.74) is 2.80. The first-order valence-corrected chi connectivity index (χ1v) is 7.92. The summed E-state index contributed by atoms with van der Waals surface area (Å²) < 4.78 is 38.7. The molecule has 28 heavy (non-hydrogen) atoms. The summed E-state index contributed by atoms with van der Waals surface area (Å²) in [5.74, 6) is -1.59. The first-order valence-electron chi connectivity index (χ1n) is 7.92. The minimum absolute atomic E-state index is 0.0772. The lowest BCUT2D eigenvalue weighted by atomic mass is 10.1. The van der Waals surface area contributed by atoms with Crippen molar-refractivity contribution in [2.24, 2.45) is 7.05 Å². The number of nitrogens with one attached hydrogen (secondary N) is 2. The summed E-state index contributed by atoms with van der Waals surface area (Å²) >= 11 is 0. The van der Waals surface area contributed by atoms with Crippen LogP contribution in [0, 0.1) is 0 Å². The van der Waals surface area contributed by atoms with Crippen molar-refractivity contribution in [3.05, 3.63) is 75.7 Å². The minimum atomic E-state index is -4.51. The van der Waals surface area contributed by atoms with Crippen LogP contribution in [-0.4, -0.2) is 21.6 Å². The smallest absolute Gasteiger partial charge is 0.267 e. The predicted molar refractivity (Wildman–Crippen MR) is 93.4 cm³/mol. The average Bonchev–Trinajstić information content (AvgIpc) is 2.68. The zero-order valence-electron chi connectivity index (χ0n) is 14.4. The van der Waals surface area contributed by atoms with E-state index in [-0.39, 0.29) is 22.2 Å². The molecule has 0 atom stereocenters. The van der Waals surface area contributed by atoms with E-state index in [0.717, 1.165) is 28.9 Å². The van der Waals surface area contributed by atoms with Gasteiger partial charge in [0, 0.05) is 18.0 Å².